The first-order valence-corrected chi connectivity index (χ1v) is 18.3. The van der Waals surface area contributed by atoms with Crippen molar-refractivity contribution in [3.05, 3.63) is 104 Å². The maximum absolute atomic E-state index is 15.1. The van der Waals surface area contributed by atoms with Crippen molar-refractivity contribution in [1.29, 1.82) is 0 Å². The van der Waals surface area contributed by atoms with Gasteiger partial charge in [0.05, 0.1) is 36.6 Å². The lowest BCUT2D eigenvalue weighted by molar-refractivity contribution is -0.147. The highest BCUT2D eigenvalue weighted by molar-refractivity contribution is 6.06. The Balaban J connectivity index is 1.36. The molecule has 3 aromatic carbocycles. The summed E-state index contributed by atoms with van der Waals surface area (Å²) in [5, 5.41) is 15.9. The third kappa shape index (κ3) is 6.77. The van der Waals surface area contributed by atoms with Gasteiger partial charge in [0.1, 0.15) is 18.2 Å². The number of rotatable bonds is 16. The lowest BCUT2D eigenvalue weighted by Gasteiger charge is -2.41. The summed E-state index contributed by atoms with van der Waals surface area (Å²) in [4.78, 5) is 60.0. The van der Waals surface area contributed by atoms with E-state index in [1.54, 1.807) is 17.1 Å². The topological polar surface area (TPSA) is 125 Å². The van der Waals surface area contributed by atoms with Crippen molar-refractivity contribution in [2.24, 2.45) is 17.8 Å². The number of ether oxygens (including phenoxy) is 2. The van der Waals surface area contributed by atoms with E-state index in [4.69, 9.17) is 9.47 Å². The molecule has 0 aliphatic carbocycles. The van der Waals surface area contributed by atoms with E-state index in [0.29, 0.717) is 31.4 Å². The molecule has 8 atom stereocenters. The van der Waals surface area contributed by atoms with Crippen LogP contribution in [0.1, 0.15) is 57.6 Å². The van der Waals surface area contributed by atoms with Crippen LogP contribution in [-0.2, 0) is 28.7 Å². The van der Waals surface area contributed by atoms with Crippen LogP contribution in [0.25, 0.3) is 10.8 Å². The molecule has 0 radical (unpaired) electrons. The molecule has 3 fully saturated rings. The number of fused-ring (bicyclic) bond motifs is 2. The Hall–Kier alpha value is -4.80. The summed E-state index contributed by atoms with van der Waals surface area (Å²) >= 11 is 0. The number of nitrogens with one attached hydrogen (secondary N) is 1. The van der Waals surface area contributed by atoms with Gasteiger partial charge >= 0.3 is 5.97 Å². The molecule has 3 amide bonds. The van der Waals surface area contributed by atoms with E-state index in [-0.39, 0.29) is 43.9 Å². The molecule has 3 aliphatic rings. The highest BCUT2D eigenvalue weighted by Crippen LogP contribution is 2.59. The standard InChI is InChI=1S/C42H49N3O7/c1-5-8-18-35(47)51-26-32(29-15-10-9-11-16-29)43-39(48)36-34-21-22-42(52-34)37(36)40(49)45(33(25-46)27(4)7-3)38(42)41(50)44(23-6-2)31-20-19-28-14-12-13-17-30(28)24-31/h5-6,9-17,19-20,24,27,32-34,36-38,46H,1-2,7-8,18,21-23,25-26H2,3-4H3,(H,43,48)/t27-,32+,33-,34-,36+,37+,38-,42+/m0/s1. The van der Waals surface area contributed by atoms with E-state index in [1.807, 2.05) is 86.6 Å². The molecule has 3 saturated heterocycles. The summed E-state index contributed by atoms with van der Waals surface area (Å²) in [6, 6.07) is 20.5. The van der Waals surface area contributed by atoms with Crippen LogP contribution in [0.15, 0.2) is 98.1 Å². The second-order valence-corrected chi connectivity index (χ2v) is 14.2. The molecule has 6 rings (SSSR count). The van der Waals surface area contributed by atoms with Crippen molar-refractivity contribution in [3.63, 3.8) is 0 Å². The van der Waals surface area contributed by atoms with Gasteiger partial charge in [0.2, 0.25) is 11.8 Å². The highest BCUT2D eigenvalue weighted by atomic mass is 16.5. The number of allylic oxidation sites excluding steroid dienone is 1. The average molecular weight is 708 g/mol. The van der Waals surface area contributed by atoms with Gasteiger partial charge in [-0.25, -0.2) is 0 Å². The van der Waals surface area contributed by atoms with Gasteiger partial charge in [0.15, 0.2) is 0 Å². The van der Waals surface area contributed by atoms with Crippen LogP contribution in [-0.4, -0.2) is 77.2 Å². The predicted octanol–water partition coefficient (Wildman–Crippen LogP) is 5.51. The Kier molecular flexibility index (Phi) is 11.3. The van der Waals surface area contributed by atoms with Crippen LogP contribution < -0.4 is 10.2 Å². The number of nitrogens with zero attached hydrogens (tertiary/aromatic N) is 2. The van der Waals surface area contributed by atoms with Crippen LogP contribution in [0.3, 0.4) is 0 Å². The molecular formula is C42H49N3O7. The molecule has 0 aromatic heterocycles. The Morgan fingerprint density at radius 1 is 1.08 bits per heavy atom. The van der Waals surface area contributed by atoms with E-state index in [0.717, 1.165) is 16.3 Å². The van der Waals surface area contributed by atoms with Crippen molar-refractivity contribution in [2.75, 3.05) is 24.7 Å². The summed E-state index contributed by atoms with van der Waals surface area (Å²) in [5.74, 6) is -3.52. The monoisotopic (exact) mass is 707 g/mol. The Morgan fingerprint density at radius 2 is 1.81 bits per heavy atom. The number of aliphatic hydroxyl groups excluding tert-OH is 1. The van der Waals surface area contributed by atoms with Crippen molar-refractivity contribution in [3.8, 4) is 0 Å². The molecule has 3 aliphatic heterocycles. The number of carbonyl (C=O) groups excluding carboxylic acids is 4. The van der Waals surface area contributed by atoms with E-state index in [1.165, 1.54) is 4.90 Å². The minimum absolute atomic E-state index is 0.0934. The van der Waals surface area contributed by atoms with Gasteiger partial charge in [-0.3, -0.25) is 19.2 Å². The number of carbonyl (C=O) groups is 4. The number of likely N-dealkylation sites (tertiary alicyclic amines) is 1. The first kappa shape index (κ1) is 37.0. The largest absolute Gasteiger partial charge is 0.463 e. The van der Waals surface area contributed by atoms with Crippen LogP contribution in [0.2, 0.25) is 0 Å². The number of amides is 3. The first-order chi connectivity index (χ1) is 25.2. The molecule has 10 heteroatoms. The minimum atomic E-state index is -1.28. The van der Waals surface area contributed by atoms with Crippen LogP contribution >= 0.6 is 0 Å². The van der Waals surface area contributed by atoms with Gasteiger partial charge in [0, 0.05) is 18.7 Å². The van der Waals surface area contributed by atoms with Crippen molar-refractivity contribution in [1.82, 2.24) is 10.2 Å². The van der Waals surface area contributed by atoms with Crippen LogP contribution in [0.5, 0.6) is 0 Å². The van der Waals surface area contributed by atoms with E-state index < -0.39 is 53.5 Å². The summed E-state index contributed by atoms with van der Waals surface area (Å²) in [6.45, 7) is 11.3. The number of aliphatic hydroxyl groups is 1. The van der Waals surface area contributed by atoms with E-state index in [2.05, 4.69) is 18.5 Å². The smallest absolute Gasteiger partial charge is 0.306 e. The lowest BCUT2D eigenvalue weighted by atomic mass is 9.70. The van der Waals surface area contributed by atoms with Crippen molar-refractivity contribution >= 4 is 40.2 Å². The van der Waals surface area contributed by atoms with Crippen LogP contribution in [0.4, 0.5) is 5.69 Å². The van der Waals surface area contributed by atoms with E-state index >= 15 is 4.79 Å². The zero-order valence-electron chi connectivity index (χ0n) is 30.0. The first-order valence-electron chi connectivity index (χ1n) is 18.3. The molecule has 3 heterocycles. The average Bonchev–Trinajstić information content (AvgIpc) is 3.82. The van der Waals surface area contributed by atoms with Gasteiger partial charge in [0.25, 0.3) is 5.91 Å². The molecule has 0 unspecified atom stereocenters. The summed E-state index contributed by atoms with van der Waals surface area (Å²) in [6.07, 6.45) is 4.90. The summed E-state index contributed by atoms with van der Waals surface area (Å²) < 4.78 is 12.3. The SMILES string of the molecule is C=CCCC(=O)OC[C@@H](NC(=O)[C@@H]1[C@@H]2CC[C@]3(O2)[C@H](C(=O)N(CC=C)c2ccc4ccccc4c2)N([C@@H](CO)[C@@H](C)CC)C(=O)[C@@H]13)c1ccccc1. The van der Waals surface area contributed by atoms with Gasteiger partial charge < -0.3 is 29.7 Å². The number of hydrogen-bond donors (Lipinski definition) is 2. The maximum atomic E-state index is 15.1. The van der Waals surface area contributed by atoms with Gasteiger partial charge in [-0.15, -0.1) is 13.2 Å². The quantitative estimate of drug-likeness (QED) is 0.149. The number of benzene rings is 3. The third-order valence-electron chi connectivity index (χ3n) is 11.2. The summed E-state index contributed by atoms with van der Waals surface area (Å²) in [7, 11) is 0. The number of hydrogen-bond acceptors (Lipinski definition) is 7. The second-order valence-electron chi connectivity index (χ2n) is 14.2. The molecule has 2 bridgehead atoms. The fraction of sp³-hybridized carbons (Fsp3) is 0.429. The normalized spacial score (nSPS) is 24.9. The molecule has 274 valence electrons. The van der Waals surface area contributed by atoms with Crippen LogP contribution in [0, 0.1) is 17.8 Å². The Morgan fingerprint density at radius 3 is 2.50 bits per heavy atom. The zero-order chi connectivity index (χ0) is 37.0. The Bertz CT molecular complexity index is 1810. The molecule has 0 saturated carbocycles. The van der Waals surface area contributed by atoms with E-state index in [9.17, 15) is 19.5 Å². The Labute approximate surface area is 305 Å². The minimum Gasteiger partial charge on any atom is -0.463 e. The molecule has 1 spiro atoms. The molecule has 10 nitrogen and oxygen atoms in total. The number of anilines is 1. The third-order valence-corrected chi connectivity index (χ3v) is 11.2. The predicted molar refractivity (Wildman–Crippen MR) is 199 cm³/mol. The van der Waals surface area contributed by atoms with Crippen molar-refractivity contribution in [2.45, 2.75) is 75.8 Å². The highest BCUT2D eigenvalue weighted by Gasteiger charge is 2.75. The molecular weight excluding hydrogens is 658 g/mol. The maximum Gasteiger partial charge on any atom is 0.306 e. The zero-order valence-corrected chi connectivity index (χ0v) is 30.0. The fourth-order valence-electron chi connectivity index (χ4n) is 8.43. The molecule has 52 heavy (non-hydrogen) atoms. The van der Waals surface area contributed by atoms with Gasteiger partial charge in [-0.1, -0.05) is 93.1 Å². The lowest BCUT2D eigenvalue weighted by Crippen LogP contribution is -2.60. The van der Waals surface area contributed by atoms with Gasteiger partial charge in [-0.05, 0) is 53.6 Å². The van der Waals surface area contributed by atoms with Gasteiger partial charge in [-0.2, -0.15) is 0 Å². The molecule has 3 aromatic rings. The molecule has 2 N–H and O–H groups in total. The summed E-state index contributed by atoms with van der Waals surface area (Å²) in [5.41, 5.74) is 0.110. The second kappa shape index (κ2) is 15.8. The fourth-order valence-corrected chi connectivity index (χ4v) is 8.43. The number of esters is 1. The van der Waals surface area contributed by atoms with Crippen molar-refractivity contribution < 1.29 is 33.8 Å².